The van der Waals surface area contributed by atoms with Gasteiger partial charge >= 0.3 is 11.9 Å². The summed E-state index contributed by atoms with van der Waals surface area (Å²) in [5.74, 6) is -3.23. The van der Waals surface area contributed by atoms with Crippen LogP contribution in [0.1, 0.15) is 0 Å². The monoisotopic (exact) mass is 211 g/mol. The lowest BCUT2D eigenvalue weighted by atomic mass is 10.3. The van der Waals surface area contributed by atoms with E-state index in [0.29, 0.717) is 0 Å². The van der Waals surface area contributed by atoms with Crippen LogP contribution in [0.25, 0.3) is 0 Å². The number of benzene rings is 1. The number of hydrogen-bond donors (Lipinski definition) is 1. The summed E-state index contributed by atoms with van der Waals surface area (Å²) in [5.41, 5.74) is -0.176. The van der Waals surface area contributed by atoms with Crippen LogP contribution in [0.2, 0.25) is 0 Å². The zero-order chi connectivity index (χ0) is 11.4. The maximum absolute atomic E-state index is 10.6. The first-order chi connectivity index (χ1) is 7.00. The molecule has 0 unspecified atom stereocenters. The van der Waals surface area contributed by atoms with Crippen LogP contribution in [0.5, 0.6) is 5.75 Å². The lowest BCUT2D eigenvalue weighted by Gasteiger charge is -1.99. The van der Waals surface area contributed by atoms with Gasteiger partial charge in [-0.2, -0.15) is 0 Å². The maximum atomic E-state index is 10.6. The second kappa shape index (κ2) is 4.18. The molecule has 1 aromatic rings. The average molecular weight is 211 g/mol. The second-order valence-corrected chi connectivity index (χ2v) is 2.45. The Bertz CT molecular complexity index is 410. The molecule has 0 amide bonds. The summed E-state index contributed by atoms with van der Waals surface area (Å²) in [5, 5.41) is 18.4. The molecule has 7 nitrogen and oxygen atoms in total. The van der Waals surface area contributed by atoms with E-state index in [9.17, 15) is 19.7 Å². The average Bonchev–Trinajstić information content (AvgIpc) is 2.18. The molecule has 0 heterocycles. The molecule has 0 saturated heterocycles. The lowest BCUT2D eigenvalue weighted by molar-refractivity contribution is -0.384. The van der Waals surface area contributed by atoms with E-state index in [2.05, 4.69) is 4.74 Å². The number of carbonyl (C=O) groups is 2. The van der Waals surface area contributed by atoms with Crippen molar-refractivity contribution in [3.63, 3.8) is 0 Å². The fourth-order valence-electron chi connectivity index (χ4n) is 0.787. The normalized spacial score (nSPS) is 9.33. The third kappa shape index (κ3) is 2.76. The molecule has 0 radical (unpaired) electrons. The van der Waals surface area contributed by atoms with Gasteiger partial charge in [-0.15, -0.1) is 0 Å². The van der Waals surface area contributed by atoms with Gasteiger partial charge in [-0.3, -0.25) is 10.1 Å². The molecule has 0 aliphatic rings. The molecule has 0 aromatic heterocycles. The van der Waals surface area contributed by atoms with Crippen LogP contribution >= 0.6 is 0 Å². The number of esters is 1. The van der Waals surface area contributed by atoms with E-state index in [1.54, 1.807) is 0 Å². The van der Waals surface area contributed by atoms with Gasteiger partial charge in [-0.25, -0.2) is 9.59 Å². The molecule has 0 saturated carbocycles. The van der Waals surface area contributed by atoms with Crippen molar-refractivity contribution in [1.29, 1.82) is 0 Å². The summed E-state index contributed by atoms with van der Waals surface area (Å²) in [6.45, 7) is 0. The van der Waals surface area contributed by atoms with Crippen molar-refractivity contribution in [1.82, 2.24) is 0 Å². The second-order valence-electron chi connectivity index (χ2n) is 2.45. The third-order valence-corrected chi connectivity index (χ3v) is 1.43. The molecule has 0 atom stereocenters. The minimum Gasteiger partial charge on any atom is -0.473 e. The predicted octanol–water partition coefficient (Wildman–Crippen LogP) is 0.585. The van der Waals surface area contributed by atoms with Crippen molar-refractivity contribution in [2.75, 3.05) is 0 Å². The number of carboxylic acid groups (broad SMARTS) is 1. The van der Waals surface area contributed by atoms with Crippen molar-refractivity contribution in [2.45, 2.75) is 0 Å². The van der Waals surface area contributed by atoms with Crippen LogP contribution in [0.4, 0.5) is 5.69 Å². The molecule has 0 aliphatic heterocycles. The highest BCUT2D eigenvalue weighted by molar-refractivity contribution is 6.29. The molecule has 15 heavy (non-hydrogen) atoms. The molecule has 0 aliphatic carbocycles. The van der Waals surface area contributed by atoms with Gasteiger partial charge in [0.2, 0.25) is 0 Å². The van der Waals surface area contributed by atoms with Gasteiger partial charge in [0.1, 0.15) is 5.75 Å². The third-order valence-electron chi connectivity index (χ3n) is 1.43. The van der Waals surface area contributed by atoms with E-state index in [4.69, 9.17) is 5.11 Å². The van der Waals surface area contributed by atoms with Gasteiger partial charge in [-0.05, 0) is 12.1 Å². The largest absolute Gasteiger partial charge is 0.473 e. The number of aliphatic carboxylic acids is 1. The number of nitro groups is 1. The number of rotatable bonds is 2. The van der Waals surface area contributed by atoms with Gasteiger partial charge in [0, 0.05) is 12.1 Å². The topological polar surface area (TPSA) is 107 Å². The SMILES string of the molecule is O=C(O)C(=O)Oc1ccc([N+](=O)[O-])cc1. The number of carboxylic acids is 1. The molecule has 78 valence electrons. The van der Waals surface area contributed by atoms with Gasteiger partial charge in [0.15, 0.2) is 0 Å². The Morgan fingerprint density at radius 2 is 1.80 bits per heavy atom. The van der Waals surface area contributed by atoms with Crippen molar-refractivity contribution < 1.29 is 24.4 Å². The Hall–Kier alpha value is -2.44. The van der Waals surface area contributed by atoms with Crippen LogP contribution in [-0.4, -0.2) is 22.0 Å². The molecule has 1 rings (SSSR count). The summed E-state index contributed by atoms with van der Waals surface area (Å²) >= 11 is 0. The molecule has 1 N–H and O–H groups in total. The first-order valence-corrected chi connectivity index (χ1v) is 3.70. The van der Waals surface area contributed by atoms with Crippen LogP contribution in [0.3, 0.4) is 0 Å². The summed E-state index contributed by atoms with van der Waals surface area (Å²) in [6.07, 6.45) is 0. The van der Waals surface area contributed by atoms with E-state index in [0.717, 1.165) is 24.3 Å². The summed E-state index contributed by atoms with van der Waals surface area (Å²) in [4.78, 5) is 30.3. The summed E-state index contributed by atoms with van der Waals surface area (Å²) < 4.78 is 4.35. The van der Waals surface area contributed by atoms with Gasteiger partial charge in [-0.1, -0.05) is 0 Å². The molecular formula is C8H5NO6. The summed E-state index contributed by atoms with van der Waals surface area (Å²) in [7, 11) is 0. The lowest BCUT2D eigenvalue weighted by Crippen LogP contribution is -2.19. The van der Waals surface area contributed by atoms with Crippen molar-refractivity contribution in [3.05, 3.63) is 34.4 Å². The first-order valence-electron chi connectivity index (χ1n) is 3.70. The van der Waals surface area contributed by atoms with Crippen LogP contribution in [0, 0.1) is 10.1 Å². The van der Waals surface area contributed by atoms with E-state index >= 15 is 0 Å². The van der Waals surface area contributed by atoms with Crippen LogP contribution < -0.4 is 4.74 Å². The number of nitro benzene ring substituents is 1. The molecule has 7 heteroatoms. The highest BCUT2D eigenvalue weighted by atomic mass is 16.6. The van der Waals surface area contributed by atoms with E-state index < -0.39 is 16.9 Å². The highest BCUT2D eigenvalue weighted by Crippen LogP contribution is 2.17. The standard InChI is InChI=1S/C8H5NO6/c10-7(11)8(12)15-6-3-1-5(2-4-6)9(13)14/h1-4H,(H,10,11). The minimum atomic E-state index is -1.73. The fourth-order valence-corrected chi connectivity index (χ4v) is 0.787. The highest BCUT2D eigenvalue weighted by Gasteiger charge is 2.14. The zero-order valence-electron chi connectivity index (χ0n) is 7.25. The number of nitrogens with zero attached hydrogens (tertiary/aromatic N) is 1. The van der Waals surface area contributed by atoms with Gasteiger partial charge < -0.3 is 9.84 Å². The minimum absolute atomic E-state index is 0.0620. The Morgan fingerprint density at radius 3 is 2.20 bits per heavy atom. The molecule has 0 fully saturated rings. The number of ether oxygens (including phenoxy) is 1. The van der Waals surface area contributed by atoms with E-state index in [1.807, 2.05) is 0 Å². The molecule has 1 aromatic carbocycles. The van der Waals surface area contributed by atoms with Crippen molar-refractivity contribution in [3.8, 4) is 5.75 Å². The number of hydrogen-bond acceptors (Lipinski definition) is 5. The zero-order valence-corrected chi connectivity index (χ0v) is 7.25. The number of carbonyl (C=O) groups excluding carboxylic acids is 1. The summed E-state index contributed by atoms with van der Waals surface area (Å²) in [6, 6.07) is 4.48. The molecule has 0 spiro atoms. The van der Waals surface area contributed by atoms with Gasteiger partial charge in [0.05, 0.1) is 4.92 Å². The molecule has 0 bridgehead atoms. The Labute approximate surface area is 83.0 Å². The predicted molar refractivity (Wildman–Crippen MR) is 46.4 cm³/mol. The van der Waals surface area contributed by atoms with Gasteiger partial charge in [0.25, 0.3) is 5.69 Å². The van der Waals surface area contributed by atoms with Crippen LogP contribution in [-0.2, 0) is 9.59 Å². The van der Waals surface area contributed by atoms with E-state index in [1.165, 1.54) is 0 Å². The quantitative estimate of drug-likeness (QED) is 0.252. The Kier molecular flexibility index (Phi) is 2.97. The van der Waals surface area contributed by atoms with E-state index in [-0.39, 0.29) is 11.4 Å². The fraction of sp³-hybridized carbons (Fsp3) is 0. The number of non-ortho nitro benzene ring substituents is 1. The molecular weight excluding hydrogens is 206 g/mol. The Balaban J connectivity index is 2.77. The van der Waals surface area contributed by atoms with Crippen molar-refractivity contribution >= 4 is 17.6 Å². The Morgan fingerprint density at radius 1 is 1.27 bits per heavy atom. The maximum Gasteiger partial charge on any atom is 0.422 e. The smallest absolute Gasteiger partial charge is 0.422 e. The first kappa shape index (κ1) is 10.6. The van der Waals surface area contributed by atoms with Crippen LogP contribution in [0.15, 0.2) is 24.3 Å². The van der Waals surface area contributed by atoms with Crippen molar-refractivity contribution in [2.24, 2.45) is 0 Å².